The minimum Gasteiger partial charge on any atom is -0.391 e. The molecular formula is C10H8ClNS. The van der Waals surface area contributed by atoms with Gasteiger partial charge in [-0.3, -0.25) is 0 Å². The molecule has 3 heteroatoms. The van der Waals surface area contributed by atoms with Gasteiger partial charge in [-0.05, 0) is 29.8 Å². The summed E-state index contributed by atoms with van der Waals surface area (Å²) in [4.78, 5) is 1.18. The van der Waals surface area contributed by atoms with Crippen LogP contribution in [-0.2, 0) is 0 Å². The van der Waals surface area contributed by atoms with Crippen molar-refractivity contribution in [1.29, 1.82) is 0 Å². The van der Waals surface area contributed by atoms with Crippen LogP contribution in [0.1, 0.15) is 0 Å². The number of hydrogen-bond donors (Lipinski definition) is 1. The average molecular weight is 210 g/mol. The van der Waals surface area contributed by atoms with Crippen LogP contribution < -0.4 is 5.73 Å². The summed E-state index contributed by atoms with van der Waals surface area (Å²) in [7, 11) is 0. The van der Waals surface area contributed by atoms with Crippen molar-refractivity contribution in [3.05, 3.63) is 41.4 Å². The van der Waals surface area contributed by atoms with Gasteiger partial charge in [-0.25, -0.2) is 0 Å². The summed E-state index contributed by atoms with van der Waals surface area (Å²) in [5, 5.41) is 1.60. The highest BCUT2D eigenvalue weighted by Crippen LogP contribution is 2.29. The van der Waals surface area contributed by atoms with Gasteiger partial charge < -0.3 is 5.73 Å². The van der Waals surface area contributed by atoms with E-state index in [4.69, 9.17) is 17.3 Å². The van der Waals surface area contributed by atoms with Gasteiger partial charge in [0.15, 0.2) is 0 Å². The maximum atomic E-state index is 5.78. The van der Waals surface area contributed by atoms with E-state index in [0.29, 0.717) is 0 Å². The summed E-state index contributed by atoms with van der Waals surface area (Å²) in [5.74, 6) is 0. The Balaban J connectivity index is 2.41. The molecule has 1 heterocycles. The van der Waals surface area contributed by atoms with E-state index < -0.39 is 0 Å². The molecule has 13 heavy (non-hydrogen) atoms. The van der Waals surface area contributed by atoms with E-state index in [-0.39, 0.29) is 0 Å². The van der Waals surface area contributed by atoms with E-state index in [0.717, 1.165) is 15.6 Å². The molecule has 0 spiro atoms. The molecule has 0 saturated heterocycles. The largest absolute Gasteiger partial charge is 0.391 e. The first-order chi connectivity index (χ1) is 6.25. The van der Waals surface area contributed by atoms with Crippen molar-refractivity contribution in [2.24, 2.45) is 0 Å². The van der Waals surface area contributed by atoms with Crippen LogP contribution >= 0.6 is 22.9 Å². The van der Waals surface area contributed by atoms with Gasteiger partial charge in [0, 0.05) is 9.90 Å². The summed E-state index contributed by atoms with van der Waals surface area (Å²) < 4.78 is 0. The predicted octanol–water partition coefficient (Wildman–Crippen LogP) is 3.65. The molecule has 66 valence electrons. The van der Waals surface area contributed by atoms with Crippen molar-refractivity contribution < 1.29 is 0 Å². The van der Waals surface area contributed by atoms with E-state index in [9.17, 15) is 0 Å². The quantitative estimate of drug-likeness (QED) is 0.763. The molecule has 0 saturated carbocycles. The lowest BCUT2D eigenvalue weighted by atomic mass is 10.2. The summed E-state index contributed by atoms with van der Waals surface area (Å²) >= 11 is 7.36. The zero-order valence-corrected chi connectivity index (χ0v) is 8.40. The first-order valence-electron chi connectivity index (χ1n) is 3.87. The van der Waals surface area contributed by atoms with Crippen LogP contribution in [0.5, 0.6) is 0 Å². The minimum atomic E-state index is 0.758. The molecule has 0 aliphatic carbocycles. The molecule has 2 aromatic rings. The molecule has 1 nitrogen and oxygen atoms in total. The summed E-state index contributed by atoms with van der Waals surface area (Å²) in [5.41, 5.74) is 6.80. The molecule has 0 amide bonds. The number of nitrogens with two attached hydrogens (primary N) is 1. The van der Waals surface area contributed by atoms with Crippen LogP contribution in [0.2, 0.25) is 5.02 Å². The molecule has 2 rings (SSSR count). The molecule has 0 unspecified atom stereocenters. The fourth-order valence-electron chi connectivity index (χ4n) is 1.12. The molecule has 0 aliphatic rings. The van der Waals surface area contributed by atoms with Crippen molar-refractivity contribution in [2.45, 2.75) is 0 Å². The number of thiophene rings is 1. The number of benzene rings is 1. The highest BCUT2D eigenvalue weighted by molar-refractivity contribution is 7.19. The normalized spacial score (nSPS) is 10.2. The topological polar surface area (TPSA) is 26.0 Å². The Morgan fingerprint density at radius 3 is 2.23 bits per heavy atom. The van der Waals surface area contributed by atoms with Gasteiger partial charge in [0.05, 0.1) is 5.00 Å². The second-order valence-electron chi connectivity index (χ2n) is 2.71. The fraction of sp³-hybridized carbons (Fsp3) is 0. The van der Waals surface area contributed by atoms with Crippen molar-refractivity contribution >= 4 is 27.9 Å². The van der Waals surface area contributed by atoms with Gasteiger partial charge in [-0.1, -0.05) is 23.7 Å². The fourth-order valence-corrected chi connectivity index (χ4v) is 2.03. The van der Waals surface area contributed by atoms with Crippen LogP contribution in [0, 0.1) is 0 Å². The Bertz CT molecular complexity index is 405. The third kappa shape index (κ3) is 1.85. The highest BCUT2D eigenvalue weighted by atomic mass is 35.5. The van der Waals surface area contributed by atoms with Crippen LogP contribution in [0.3, 0.4) is 0 Å². The maximum absolute atomic E-state index is 5.78. The van der Waals surface area contributed by atoms with Gasteiger partial charge in [0.1, 0.15) is 0 Å². The summed E-state index contributed by atoms with van der Waals surface area (Å²) in [6.07, 6.45) is 0. The monoisotopic (exact) mass is 209 g/mol. The second kappa shape index (κ2) is 3.40. The van der Waals surface area contributed by atoms with E-state index in [2.05, 4.69) is 0 Å². The first kappa shape index (κ1) is 8.60. The zero-order valence-electron chi connectivity index (χ0n) is 6.83. The van der Waals surface area contributed by atoms with Crippen LogP contribution in [-0.4, -0.2) is 0 Å². The standard InChI is InChI=1S/C10H8ClNS/c11-8-3-1-7(2-4-8)9-5-6-10(12)13-9/h1-6H,12H2. The summed E-state index contributed by atoms with van der Waals surface area (Å²) in [6, 6.07) is 11.7. The van der Waals surface area contributed by atoms with E-state index in [1.807, 2.05) is 36.4 Å². The number of halogens is 1. The van der Waals surface area contributed by atoms with Crippen LogP contribution in [0.25, 0.3) is 10.4 Å². The first-order valence-corrected chi connectivity index (χ1v) is 5.06. The smallest absolute Gasteiger partial charge is 0.0862 e. The lowest BCUT2D eigenvalue weighted by Gasteiger charge is -1.95. The highest BCUT2D eigenvalue weighted by Gasteiger charge is 1.99. The molecule has 1 aromatic heterocycles. The molecule has 0 radical (unpaired) electrons. The van der Waals surface area contributed by atoms with Gasteiger partial charge in [0.2, 0.25) is 0 Å². The molecule has 0 atom stereocenters. The average Bonchev–Trinajstić information content (AvgIpc) is 2.53. The Labute approximate surface area is 85.8 Å². The Morgan fingerprint density at radius 1 is 1.00 bits per heavy atom. The second-order valence-corrected chi connectivity index (χ2v) is 4.26. The SMILES string of the molecule is Nc1ccc(-c2ccc(Cl)cc2)s1. The summed E-state index contributed by atoms with van der Waals surface area (Å²) in [6.45, 7) is 0. The third-order valence-corrected chi connectivity index (χ3v) is 2.97. The third-order valence-electron chi connectivity index (χ3n) is 1.76. The molecule has 2 N–H and O–H groups in total. The zero-order chi connectivity index (χ0) is 9.26. The number of rotatable bonds is 1. The Hall–Kier alpha value is -0.990. The van der Waals surface area contributed by atoms with Gasteiger partial charge >= 0.3 is 0 Å². The lowest BCUT2D eigenvalue weighted by molar-refractivity contribution is 1.70. The van der Waals surface area contributed by atoms with Crippen molar-refractivity contribution in [1.82, 2.24) is 0 Å². The lowest BCUT2D eigenvalue weighted by Crippen LogP contribution is -1.73. The number of hydrogen-bond acceptors (Lipinski definition) is 2. The van der Waals surface area contributed by atoms with Crippen LogP contribution in [0.4, 0.5) is 5.00 Å². The van der Waals surface area contributed by atoms with E-state index >= 15 is 0 Å². The van der Waals surface area contributed by atoms with E-state index in [1.165, 1.54) is 4.88 Å². The van der Waals surface area contributed by atoms with Gasteiger partial charge in [0.25, 0.3) is 0 Å². The maximum Gasteiger partial charge on any atom is 0.0862 e. The van der Waals surface area contributed by atoms with E-state index in [1.54, 1.807) is 11.3 Å². The number of nitrogen functional groups attached to an aromatic ring is 1. The minimum absolute atomic E-state index is 0.758. The van der Waals surface area contributed by atoms with Gasteiger partial charge in [-0.15, -0.1) is 11.3 Å². The molecule has 1 aromatic carbocycles. The predicted molar refractivity (Wildman–Crippen MR) is 59.2 cm³/mol. The molecule has 0 aliphatic heterocycles. The van der Waals surface area contributed by atoms with Crippen molar-refractivity contribution in [3.8, 4) is 10.4 Å². The molecular weight excluding hydrogens is 202 g/mol. The Kier molecular flexibility index (Phi) is 2.25. The molecule has 0 fully saturated rings. The number of anilines is 1. The van der Waals surface area contributed by atoms with Crippen molar-refractivity contribution in [3.63, 3.8) is 0 Å². The van der Waals surface area contributed by atoms with Gasteiger partial charge in [-0.2, -0.15) is 0 Å². The van der Waals surface area contributed by atoms with Crippen molar-refractivity contribution in [2.75, 3.05) is 5.73 Å². The molecule has 0 bridgehead atoms. The Morgan fingerprint density at radius 2 is 1.69 bits per heavy atom. The van der Waals surface area contributed by atoms with Crippen LogP contribution in [0.15, 0.2) is 36.4 Å².